The zero-order valence-corrected chi connectivity index (χ0v) is 10.8. The molecule has 0 spiro atoms. The van der Waals surface area contributed by atoms with Crippen molar-refractivity contribution in [3.63, 3.8) is 0 Å². The lowest BCUT2D eigenvalue weighted by Crippen LogP contribution is -2.03. The summed E-state index contributed by atoms with van der Waals surface area (Å²) in [6.07, 6.45) is 0. The first-order chi connectivity index (χ1) is 6.19. The fraction of sp³-hybridized carbons (Fsp3) is 0.222. The van der Waals surface area contributed by atoms with Crippen LogP contribution in [0.5, 0.6) is 5.75 Å². The summed E-state index contributed by atoms with van der Waals surface area (Å²) < 4.78 is 6.16. The lowest BCUT2D eigenvalue weighted by molar-refractivity contribution is 0.102. The summed E-state index contributed by atoms with van der Waals surface area (Å²) in [6, 6.07) is 5.51. The van der Waals surface area contributed by atoms with Crippen LogP contribution in [0.15, 0.2) is 18.2 Å². The molecule has 0 heterocycles. The number of rotatable bonds is 3. The zero-order chi connectivity index (χ0) is 9.84. The van der Waals surface area contributed by atoms with Gasteiger partial charge in [-0.3, -0.25) is 4.79 Å². The van der Waals surface area contributed by atoms with Crippen LogP contribution in [0, 0.1) is 3.57 Å². The molecule has 1 aromatic rings. The molecule has 0 fully saturated rings. The van der Waals surface area contributed by atoms with Crippen molar-refractivity contribution in [3.05, 3.63) is 27.3 Å². The summed E-state index contributed by atoms with van der Waals surface area (Å²) in [5.74, 6) is 0.671. The number of carbonyl (C=O) groups excluding carboxylic acids is 1. The molecule has 0 amide bonds. The maximum absolute atomic E-state index is 11.4. The Morgan fingerprint density at radius 2 is 2.31 bits per heavy atom. The minimum absolute atomic E-state index is 0.0354. The van der Waals surface area contributed by atoms with Crippen LogP contribution in [-0.2, 0) is 0 Å². The van der Waals surface area contributed by atoms with Gasteiger partial charge in [0, 0.05) is 3.57 Å². The number of benzene rings is 1. The molecule has 0 unspecified atom stereocenters. The van der Waals surface area contributed by atoms with Gasteiger partial charge in [0.05, 0.1) is 18.0 Å². The second-order valence-electron chi connectivity index (χ2n) is 2.40. The number of methoxy groups -OCH3 is 1. The van der Waals surface area contributed by atoms with Crippen LogP contribution < -0.4 is 4.74 Å². The van der Waals surface area contributed by atoms with Crippen LogP contribution in [-0.4, -0.2) is 18.2 Å². The van der Waals surface area contributed by atoms with Crippen molar-refractivity contribution in [2.24, 2.45) is 0 Å². The third-order valence-corrected chi connectivity index (χ3v) is 2.77. The summed E-state index contributed by atoms with van der Waals surface area (Å²) in [6.45, 7) is 0. The van der Waals surface area contributed by atoms with Gasteiger partial charge in [0.25, 0.3) is 0 Å². The molecule has 0 N–H and O–H groups in total. The normalized spacial score (nSPS) is 9.77. The van der Waals surface area contributed by atoms with Gasteiger partial charge in [-0.1, -0.05) is 15.9 Å². The Kier molecular flexibility index (Phi) is 4.18. The Hall–Kier alpha value is -0.100. The Bertz CT molecular complexity index is 325. The fourth-order valence-corrected chi connectivity index (χ4v) is 1.73. The van der Waals surface area contributed by atoms with E-state index in [2.05, 4.69) is 38.5 Å². The second kappa shape index (κ2) is 4.95. The van der Waals surface area contributed by atoms with Crippen molar-refractivity contribution < 1.29 is 9.53 Å². The molecule has 0 atom stereocenters. The molecule has 0 aliphatic heterocycles. The Labute approximate surface area is 98.9 Å². The number of Topliss-reactive ketones (excluding diaryl/α,β-unsaturated/α-hetero) is 1. The highest BCUT2D eigenvalue weighted by Gasteiger charge is 2.10. The molecule has 0 aliphatic rings. The van der Waals surface area contributed by atoms with Gasteiger partial charge >= 0.3 is 0 Å². The van der Waals surface area contributed by atoms with Crippen LogP contribution in [0.2, 0.25) is 0 Å². The van der Waals surface area contributed by atoms with Gasteiger partial charge in [-0.2, -0.15) is 0 Å². The molecule has 70 valence electrons. The number of hydrogen-bond acceptors (Lipinski definition) is 2. The Morgan fingerprint density at radius 3 is 2.85 bits per heavy atom. The summed E-state index contributed by atoms with van der Waals surface area (Å²) in [5.41, 5.74) is 0.625. The number of ketones is 1. The molecule has 2 nitrogen and oxygen atoms in total. The van der Waals surface area contributed by atoms with Crippen molar-refractivity contribution >= 4 is 44.3 Å². The van der Waals surface area contributed by atoms with E-state index in [4.69, 9.17) is 4.74 Å². The largest absolute Gasteiger partial charge is 0.496 e. The van der Waals surface area contributed by atoms with Crippen LogP contribution in [0.25, 0.3) is 0 Å². The van der Waals surface area contributed by atoms with Gasteiger partial charge in [-0.25, -0.2) is 0 Å². The highest BCUT2D eigenvalue weighted by Crippen LogP contribution is 2.22. The summed E-state index contributed by atoms with van der Waals surface area (Å²) in [7, 11) is 1.57. The molecular formula is C9H8BrIO2. The van der Waals surface area contributed by atoms with Crippen molar-refractivity contribution in [1.82, 2.24) is 0 Å². The standard InChI is InChI=1S/C9H8BrIO2/c1-13-9-4-6(11)2-3-7(9)8(12)5-10/h2-4H,5H2,1H3. The number of hydrogen-bond donors (Lipinski definition) is 0. The van der Waals surface area contributed by atoms with E-state index in [-0.39, 0.29) is 5.78 Å². The minimum Gasteiger partial charge on any atom is -0.496 e. The summed E-state index contributed by atoms with van der Waals surface area (Å²) in [5, 5.41) is 0.323. The molecule has 0 aromatic heterocycles. The highest BCUT2D eigenvalue weighted by atomic mass is 127. The van der Waals surface area contributed by atoms with E-state index in [1.54, 1.807) is 13.2 Å². The number of halogens is 2. The number of alkyl halides is 1. The van der Waals surface area contributed by atoms with Crippen molar-refractivity contribution in [3.8, 4) is 5.75 Å². The smallest absolute Gasteiger partial charge is 0.177 e. The van der Waals surface area contributed by atoms with Gasteiger partial charge in [0.1, 0.15) is 5.75 Å². The lowest BCUT2D eigenvalue weighted by Gasteiger charge is -2.06. The zero-order valence-electron chi connectivity index (χ0n) is 7.01. The molecular weight excluding hydrogens is 347 g/mol. The molecule has 1 rings (SSSR count). The van der Waals surface area contributed by atoms with E-state index in [1.165, 1.54) is 0 Å². The van der Waals surface area contributed by atoms with Gasteiger partial charge < -0.3 is 4.74 Å². The van der Waals surface area contributed by atoms with Gasteiger partial charge in [0.15, 0.2) is 5.78 Å². The van der Waals surface area contributed by atoms with E-state index in [9.17, 15) is 4.79 Å². The highest BCUT2D eigenvalue weighted by molar-refractivity contribution is 14.1. The SMILES string of the molecule is COc1cc(I)ccc1C(=O)CBr. The number of ether oxygens (including phenoxy) is 1. The van der Waals surface area contributed by atoms with Gasteiger partial charge in [0.2, 0.25) is 0 Å². The Morgan fingerprint density at radius 1 is 1.62 bits per heavy atom. The Balaban J connectivity index is 3.13. The number of carbonyl (C=O) groups is 1. The average molecular weight is 355 g/mol. The van der Waals surface area contributed by atoms with Gasteiger partial charge in [-0.05, 0) is 40.8 Å². The molecule has 0 saturated carbocycles. The van der Waals surface area contributed by atoms with E-state index < -0.39 is 0 Å². The molecule has 0 saturated heterocycles. The summed E-state index contributed by atoms with van der Waals surface area (Å²) in [4.78, 5) is 11.4. The monoisotopic (exact) mass is 354 g/mol. The van der Waals surface area contributed by atoms with Crippen LogP contribution in [0.3, 0.4) is 0 Å². The first-order valence-corrected chi connectivity index (χ1v) is 5.81. The van der Waals surface area contributed by atoms with Crippen molar-refractivity contribution in [2.75, 3.05) is 12.4 Å². The van der Waals surface area contributed by atoms with E-state index in [0.29, 0.717) is 16.6 Å². The molecule has 13 heavy (non-hydrogen) atoms. The van der Waals surface area contributed by atoms with Gasteiger partial charge in [-0.15, -0.1) is 0 Å². The van der Waals surface area contributed by atoms with Crippen LogP contribution in [0.1, 0.15) is 10.4 Å². The average Bonchev–Trinajstić information content (AvgIpc) is 2.16. The third-order valence-electron chi connectivity index (χ3n) is 1.59. The second-order valence-corrected chi connectivity index (χ2v) is 4.21. The predicted octanol–water partition coefficient (Wildman–Crippen LogP) is 2.88. The molecule has 0 bridgehead atoms. The van der Waals surface area contributed by atoms with Crippen molar-refractivity contribution in [1.29, 1.82) is 0 Å². The maximum atomic E-state index is 11.4. The first kappa shape index (κ1) is 11.0. The maximum Gasteiger partial charge on any atom is 0.177 e. The van der Waals surface area contributed by atoms with Crippen molar-refractivity contribution in [2.45, 2.75) is 0 Å². The van der Waals surface area contributed by atoms with E-state index in [1.807, 2.05) is 12.1 Å². The molecule has 0 radical (unpaired) electrons. The topological polar surface area (TPSA) is 26.3 Å². The van der Waals surface area contributed by atoms with Crippen LogP contribution >= 0.6 is 38.5 Å². The van der Waals surface area contributed by atoms with E-state index in [0.717, 1.165) is 3.57 Å². The fourth-order valence-electron chi connectivity index (χ4n) is 0.967. The lowest BCUT2D eigenvalue weighted by atomic mass is 10.1. The third kappa shape index (κ3) is 2.67. The molecule has 1 aromatic carbocycles. The minimum atomic E-state index is 0.0354. The first-order valence-electron chi connectivity index (χ1n) is 3.61. The molecule has 0 aliphatic carbocycles. The molecule has 4 heteroatoms. The van der Waals surface area contributed by atoms with Crippen LogP contribution in [0.4, 0.5) is 0 Å². The summed E-state index contributed by atoms with van der Waals surface area (Å²) >= 11 is 5.30. The predicted molar refractivity (Wildman–Crippen MR) is 63.8 cm³/mol. The quantitative estimate of drug-likeness (QED) is 0.474. The van der Waals surface area contributed by atoms with E-state index >= 15 is 0 Å².